The number of anilines is 1. The van der Waals surface area contributed by atoms with Crippen LogP contribution in [0.3, 0.4) is 0 Å². The third-order valence-corrected chi connectivity index (χ3v) is 3.61. The molecule has 3 rings (SSSR count). The van der Waals surface area contributed by atoms with Crippen molar-refractivity contribution in [1.82, 2.24) is 15.0 Å². The van der Waals surface area contributed by atoms with Gasteiger partial charge in [0, 0.05) is 25.5 Å². The van der Waals surface area contributed by atoms with Crippen molar-refractivity contribution in [3.63, 3.8) is 0 Å². The first-order valence-corrected chi connectivity index (χ1v) is 7.38. The summed E-state index contributed by atoms with van der Waals surface area (Å²) in [7, 11) is 0. The zero-order chi connectivity index (χ0) is 16.1. The number of hydrogen-bond donors (Lipinski definition) is 0. The van der Waals surface area contributed by atoms with E-state index in [1.165, 1.54) is 23.5 Å². The zero-order valence-corrected chi connectivity index (χ0v) is 12.9. The molecule has 0 bridgehead atoms. The molecule has 1 aromatic carbocycles. The van der Waals surface area contributed by atoms with Crippen LogP contribution in [-0.2, 0) is 13.1 Å². The average Bonchev–Trinajstić information content (AvgIpc) is 2.58. The molecule has 0 saturated carbocycles. The maximum atomic E-state index is 13.1. The molecule has 0 unspecified atom stereocenters. The number of aromatic nitrogens is 3. The normalized spacial score (nSPS) is 10.5. The number of rotatable bonds is 5. The van der Waals surface area contributed by atoms with Crippen LogP contribution in [-0.4, -0.2) is 15.0 Å². The molecular weight excluding hydrogens is 291 g/mol. The van der Waals surface area contributed by atoms with Crippen molar-refractivity contribution in [3.8, 4) is 0 Å². The van der Waals surface area contributed by atoms with Crippen molar-refractivity contribution >= 4 is 5.95 Å². The highest BCUT2D eigenvalue weighted by atomic mass is 19.1. The minimum absolute atomic E-state index is 0.439. The number of nitrogens with zero attached hydrogens (tertiary/aromatic N) is 4. The Morgan fingerprint density at radius 2 is 1.74 bits per heavy atom. The van der Waals surface area contributed by atoms with Crippen molar-refractivity contribution in [2.45, 2.75) is 20.0 Å². The van der Waals surface area contributed by atoms with Gasteiger partial charge in [-0.25, -0.2) is 14.4 Å². The first-order valence-electron chi connectivity index (χ1n) is 7.38. The van der Waals surface area contributed by atoms with E-state index >= 15 is 0 Å². The zero-order valence-electron chi connectivity index (χ0n) is 12.9. The largest absolute Gasteiger partial charge is 0.332 e. The Labute approximate surface area is 134 Å². The SMILES string of the molecule is Cc1ccccc1CN(Cc1cccnc1)c1ncc(F)cn1. The monoisotopic (exact) mass is 308 g/mol. The lowest BCUT2D eigenvalue weighted by Crippen LogP contribution is -2.24. The van der Waals surface area contributed by atoms with Crippen molar-refractivity contribution < 1.29 is 4.39 Å². The average molecular weight is 308 g/mol. The van der Waals surface area contributed by atoms with Gasteiger partial charge in [-0.15, -0.1) is 0 Å². The third-order valence-electron chi connectivity index (χ3n) is 3.61. The van der Waals surface area contributed by atoms with E-state index in [2.05, 4.69) is 34.0 Å². The number of pyridine rings is 1. The predicted octanol–water partition coefficient (Wildman–Crippen LogP) is 3.53. The molecule has 0 radical (unpaired) electrons. The summed E-state index contributed by atoms with van der Waals surface area (Å²) in [6.07, 6.45) is 5.94. The Bertz CT molecular complexity index is 759. The van der Waals surface area contributed by atoms with Crippen LogP contribution in [0, 0.1) is 12.7 Å². The van der Waals surface area contributed by atoms with E-state index in [1.54, 1.807) is 6.20 Å². The van der Waals surface area contributed by atoms with Crippen molar-refractivity contribution in [3.05, 3.63) is 83.7 Å². The molecule has 2 heterocycles. The second-order valence-corrected chi connectivity index (χ2v) is 5.35. The van der Waals surface area contributed by atoms with E-state index in [4.69, 9.17) is 0 Å². The summed E-state index contributed by atoms with van der Waals surface area (Å²) >= 11 is 0. The van der Waals surface area contributed by atoms with E-state index in [9.17, 15) is 4.39 Å². The molecule has 0 atom stereocenters. The topological polar surface area (TPSA) is 41.9 Å². The molecule has 0 aliphatic heterocycles. The van der Waals surface area contributed by atoms with Gasteiger partial charge >= 0.3 is 0 Å². The van der Waals surface area contributed by atoms with Gasteiger partial charge in [-0.2, -0.15) is 0 Å². The Hall–Kier alpha value is -2.82. The lowest BCUT2D eigenvalue weighted by Gasteiger charge is -2.23. The van der Waals surface area contributed by atoms with Crippen LogP contribution >= 0.6 is 0 Å². The molecule has 5 heteroatoms. The van der Waals surface area contributed by atoms with Crippen LogP contribution in [0.25, 0.3) is 0 Å². The van der Waals surface area contributed by atoms with Gasteiger partial charge in [0.1, 0.15) is 0 Å². The fourth-order valence-electron chi connectivity index (χ4n) is 2.37. The van der Waals surface area contributed by atoms with Crippen molar-refractivity contribution in [2.24, 2.45) is 0 Å². The predicted molar refractivity (Wildman–Crippen MR) is 87.3 cm³/mol. The lowest BCUT2D eigenvalue weighted by atomic mass is 10.1. The van der Waals surface area contributed by atoms with Gasteiger partial charge < -0.3 is 4.90 Å². The summed E-state index contributed by atoms with van der Waals surface area (Å²) in [5, 5.41) is 0. The molecule has 0 saturated heterocycles. The van der Waals surface area contributed by atoms with Gasteiger partial charge in [0.25, 0.3) is 0 Å². The van der Waals surface area contributed by atoms with E-state index < -0.39 is 5.82 Å². The van der Waals surface area contributed by atoms with Crippen LogP contribution in [0.1, 0.15) is 16.7 Å². The minimum Gasteiger partial charge on any atom is -0.332 e. The van der Waals surface area contributed by atoms with E-state index in [1.807, 2.05) is 35.4 Å². The van der Waals surface area contributed by atoms with Crippen molar-refractivity contribution in [1.29, 1.82) is 0 Å². The molecule has 0 spiro atoms. The highest BCUT2D eigenvalue weighted by Gasteiger charge is 2.12. The molecule has 0 aliphatic carbocycles. The molecule has 0 fully saturated rings. The maximum absolute atomic E-state index is 13.1. The summed E-state index contributed by atoms with van der Waals surface area (Å²) < 4.78 is 13.1. The van der Waals surface area contributed by atoms with Crippen LogP contribution in [0.4, 0.5) is 10.3 Å². The first-order chi connectivity index (χ1) is 11.2. The maximum Gasteiger partial charge on any atom is 0.226 e. The summed E-state index contributed by atoms with van der Waals surface area (Å²) in [6, 6.07) is 12.1. The van der Waals surface area contributed by atoms with Gasteiger partial charge in [-0.3, -0.25) is 4.98 Å². The first kappa shape index (κ1) is 15.1. The second-order valence-electron chi connectivity index (χ2n) is 5.35. The molecule has 0 amide bonds. The van der Waals surface area contributed by atoms with Crippen LogP contribution in [0.15, 0.2) is 61.2 Å². The molecule has 2 aromatic heterocycles. The molecule has 23 heavy (non-hydrogen) atoms. The summed E-state index contributed by atoms with van der Waals surface area (Å²) in [4.78, 5) is 14.4. The summed E-state index contributed by atoms with van der Waals surface area (Å²) in [5.74, 6) is 0.0597. The Morgan fingerprint density at radius 1 is 0.957 bits per heavy atom. The quantitative estimate of drug-likeness (QED) is 0.723. The van der Waals surface area contributed by atoms with Gasteiger partial charge in [-0.1, -0.05) is 30.3 Å². The van der Waals surface area contributed by atoms with Crippen LogP contribution < -0.4 is 4.90 Å². The van der Waals surface area contributed by atoms with E-state index in [-0.39, 0.29) is 0 Å². The standard InChI is InChI=1S/C18H17FN4/c1-14-5-2-3-7-16(14)13-23(12-15-6-4-8-20-9-15)18-21-10-17(19)11-22-18/h2-11H,12-13H2,1H3. The van der Waals surface area contributed by atoms with E-state index in [0.29, 0.717) is 19.0 Å². The van der Waals surface area contributed by atoms with Gasteiger partial charge in [0.05, 0.1) is 12.4 Å². The van der Waals surface area contributed by atoms with Gasteiger partial charge in [0.2, 0.25) is 5.95 Å². The lowest BCUT2D eigenvalue weighted by molar-refractivity contribution is 0.610. The van der Waals surface area contributed by atoms with Crippen LogP contribution in [0.5, 0.6) is 0 Å². The number of halogens is 1. The Morgan fingerprint density at radius 3 is 2.43 bits per heavy atom. The fraction of sp³-hybridized carbons (Fsp3) is 0.167. The molecular formula is C18H17FN4. The molecule has 116 valence electrons. The fourth-order valence-corrected chi connectivity index (χ4v) is 2.37. The van der Waals surface area contributed by atoms with Gasteiger partial charge in [0.15, 0.2) is 5.82 Å². The highest BCUT2D eigenvalue weighted by molar-refractivity contribution is 5.36. The number of benzene rings is 1. The van der Waals surface area contributed by atoms with Gasteiger partial charge in [-0.05, 0) is 29.7 Å². The Kier molecular flexibility index (Phi) is 4.57. The highest BCUT2D eigenvalue weighted by Crippen LogP contribution is 2.17. The Balaban J connectivity index is 1.89. The van der Waals surface area contributed by atoms with E-state index in [0.717, 1.165) is 5.56 Å². The van der Waals surface area contributed by atoms with Crippen LogP contribution in [0.2, 0.25) is 0 Å². The third kappa shape index (κ3) is 3.88. The number of hydrogen-bond acceptors (Lipinski definition) is 4. The van der Waals surface area contributed by atoms with Crippen molar-refractivity contribution in [2.75, 3.05) is 4.90 Å². The molecule has 0 N–H and O–H groups in total. The molecule has 0 aliphatic rings. The smallest absolute Gasteiger partial charge is 0.226 e. The second kappa shape index (κ2) is 6.96. The number of aryl methyl sites for hydroxylation is 1. The molecule has 4 nitrogen and oxygen atoms in total. The summed E-state index contributed by atoms with van der Waals surface area (Å²) in [6.45, 7) is 3.32. The molecule has 3 aromatic rings. The minimum atomic E-state index is -0.439. The summed E-state index contributed by atoms with van der Waals surface area (Å²) in [5.41, 5.74) is 3.43.